The Balaban J connectivity index is 1.52. The van der Waals surface area contributed by atoms with Gasteiger partial charge in [-0.15, -0.1) is 5.10 Å². The number of benzene rings is 2. The number of amides is 1. The molecule has 0 N–H and O–H groups in total. The van der Waals surface area contributed by atoms with Gasteiger partial charge >= 0.3 is 0 Å². The number of hydrogen-bond donors (Lipinski definition) is 0. The van der Waals surface area contributed by atoms with Crippen LogP contribution in [0.25, 0.3) is 5.69 Å². The van der Waals surface area contributed by atoms with E-state index >= 15 is 0 Å². The number of fused-ring (bicyclic) bond motifs is 1. The Morgan fingerprint density at radius 1 is 1.00 bits per heavy atom. The molecular weight excluding hydrogens is 432 g/mol. The lowest BCUT2D eigenvalue weighted by Crippen LogP contribution is -2.30. The molecule has 2 aromatic carbocycles. The summed E-state index contributed by atoms with van der Waals surface area (Å²) in [5.41, 5.74) is 7.08. The lowest BCUT2D eigenvalue weighted by Gasteiger charge is -2.17. The molecular formula is C25H24N6OS. The summed E-state index contributed by atoms with van der Waals surface area (Å²) < 4.78 is 1.75. The Bertz CT molecular complexity index is 1310. The van der Waals surface area contributed by atoms with Crippen LogP contribution in [0.1, 0.15) is 38.7 Å². The first kappa shape index (κ1) is 21.3. The number of nitrogens with zero attached hydrogens (tertiary/aromatic N) is 6. The Hall–Kier alpha value is -3.52. The fraction of sp³-hybridized carbons (Fsp3) is 0.240. The van der Waals surface area contributed by atoms with Gasteiger partial charge in [0.1, 0.15) is 0 Å². The van der Waals surface area contributed by atoms with Crippen LogP contribution in [0, 0.1) is 20.8 Å². The molecule has 0 radical (unpaired) electrons. The normalized spacial score (nSPS) is 12.8. The second-order valence-corrected chi connectivity index (χ2v) is 9.13. The average Bonchev–Trinajstić information content (AvgIpc) is 3.42. The fourth-order valence-electron chi connectivity index (χ4n) is 4.06. The van der Waals surface area contributed by atoms with E-state index in [2.05, 4.69) is 26.3 Å². The van der Waals surface area contributed by atoms with Gasteiger partial charge in [-0.05, 0) is 57.0 Å². The highest BCUT2D eigenvalue weighted by molar-refractivity contribution is 7.98. The van der Waals surface area contributed by atoms with Crippen molar-refractivity contribution in [2.24, 2.45) is 0 Å². The first-order valence-electron chi connectivity index (χ1n) is 10.9. The Morgan fingerprint density at radius 2 is 1.73 bits per heavy atom. The van der Waals surface area contributed by atoms with Gasteiger partial charge in [0.05, 0.1) is 11.4 Å². The minimum atomic E-state index is -0.129. The number of anilines is 1. The van der Waals surface area contributed by atoms with E-state index in [1.165, 1.54) is 17.3 Å². The summed E-state index contributed by atoms with van der Waals surface area (Å²) in [6, 6.07) is 18.0. The summed E-state index contributed by atoms with van der Waals surface area (Å²) in [5.74, 6) is 0.343. The van der Waals surface area contributed by atoms with Crippen molar-refractivity contribution in [3.05, 3.63) is 88.5 Å². The van der Waals surface area contributed by atoms with Crippen molar-refractivity contribution in [3.63, 3.8) is 0 Å². The number of thioether (sulfide) groups is 1. The molecule has 7 nitrogen and oxygen atoms in total. The van der Waals surface area contributed by atoms with Gasteiger partial charge in [0, 0.05) is 29.4 Å². The molecule has 0 saturated heterocycles. The van der Waals surface area contributed by atoms with E-state index in [1.807, 2.05) is 69.3 Å². The summed E-state index contributed by atoms with van der Waals surface area (Å²) in [6.45, 7) is 6.59. The monoisotopic (exact) mass is 456 g/mol. The van der Waals surface area contributed by atoms with E-state index in [-0.39, 0.29) is 5.91 Å². The highest BCUT2D eigenvalue weighted by Gasteiger charge is 2.30. The van der Waals surface area contributed by atoms with Gasteiger partial charge in [-0.2, -0.15) is 0 Å². The van der Waals surface area contributed by atoms with Gasteiger partial charge < -0.3 is 4.90 Å². The maximum atomic E-state index is 13.6. The summed E-state index contributed by atoms with van der Waals surface area (Å²) in [6.07, 6.45) is 0.842. The van der Waals surface area contributed by atoms with Crippen molar-refractivity contribution in [1.29, 1.82) is 0 Å². The number of carbonyl (C=O) groups is 1. The third-order valence-corrected chi connectivity index (χ3v) is 6.53. The van der Waals surface area contributed by atoms with Crippen LogP contribution < -0.4 is 4.90 Å². The molecule has 2 aromatic heterocycles. The SMILES string of the molecule is Cc1ccc(-n2nnc(C(=O)N3CCc4ccccc43)c2CSc2nc(C)cc(C)n2)cc1. The van der Waals surface area contributed by atoms with Crippen LogP contribution in [0.2, 0.25) is 0 Å². The summed E-state index contributed by atoms with van der Waals surface area (Å²) >= 11 is 1.48. The molecule has 166 valence electrons. The third kappa shape index (κ3) is 4.26. The zero-order valence-corrected chi connectivity index (χ0v) is 19.6. The van der Waals surface area contributed by atoms with Crippen LogP contribution >= 0.6 is 11.8 Å². The topological polar surface area (TPSA) is 76.8 Å². The van der Waals surface area contributed by atoms with Crippen molar-refractivity contribution in [3.8, 4) is 5.69 Å². The molecule has 0 atom stereocenters. The maximum Gasteiger partial charge on any atom is 0.280 e. The molecule has 33 heavy (non-hydrogen) atoms. The van der Waals surface area contributed by atoms with E-state index < -0.39 is 0 Å². The molecule has 0 fully saturated rings. The minimum absolute atomic E-state index is 0.129. The first-order valence-corrected chi connectivity index (χ1v) is 11.8. The molecule has 1 amide bonds. The van der Waals surface area contributed by atoms with E-state index in [4.69, 9.17) is 0 Å². The average molecular weight is 457 g/mol. The van der Waals surface area contributed by atoms with Crippen molar-refractivity contribution in [1.82, 2.24) is 25.0 Å². The molecule has 0 bridgehead atoms. The number of hydrogen-bond acceptors (Lipinski definition) is 6. The number of para-hydroxylation sites is 1. The Morgan fingerprint density at radius 3 is 2.48 bits per heavy atom. The second-order valence-electron chi connectivity index (χ2n) is 8.19. The van der Waals surface area contributed by atoms with Crippen LogP contribution in [-0.4, -0.2) is 37.4 Å². The van der Waals surface area contributed by atoms with Crippen LogP contribution in [0.5, 0.6) is 0 Å². The largest absolute Gasteiger partial charge is 0.306 e. The zero-order chi connectivity index (χ0) is 22.9. The predicted octanol–water partition coefficient (Wildman–Crippen LogP) is 4.48. The van der Waals surface area contributed by atoms with Crippen LogP contribution in [-0.2, 0) is 12.2 Å². The quantitative estimate of drug-likeness (QED) is 0.326. The van der Waals surface area contributed by atoms with Crippen LogP contribution in [0.3, 0.4) is 0 Å². The van der Waals surface area contributed by atoms with Gasteiger partial charge in [-0.25, -0.2) is 14.6 Å². The van der Waals surface area contributed by atoms with E-state index in [1.54, 1.807) is 9.58 Å². The van der Waals surface area contributed by atoms with Crippen molar-refractivity contribution in [2.75, 3.05) is 11.4 Å². The van der Waals surface area contributed by atoms with Crippen molar-refractivity contribution < 1.29 is 4.79 Å². The van der Waals surface area contributed by atoms with E-state index in [0.717, 1.165) is 40.4 Å². The van der Waals surface area contributed by atoms with Crippen LogP contribution in [0.4, 0.5) is 5.69 Å². The van der Waals surface area contributed by atoms with Crippen molar-refractivity contribution >= 4 is 23.4 Å². The number of carbonyl (C=O) groups excluding carboxylic acids is 1. The number of aromatic nitrogens is 5. The number of aryl methyl sites for hydroxylation is 3. The van der Waals surface area contributed by atoms with Gasteiger partial charge in [0.2, 0.25) is 0 Å². The summed E-state index contributed by atoms with van der Waals surface area (Å²) in [4.78, 5) is 24.5. The van der Waals surface area contributed by atoms with Gasteiger partial charge in [-0.3, -0.25) is 4.79 Å². The zero-order valence-electron chi connectivity index (χ0n) is 18.8. The smallest absolute Gasteiger partial charge is 0.280 e. The summed E-state index contributed by atoms with van der Waals surface area (Å²) in [5, 5.41) is 9.40. The maximum absolute atomic E-state index is 13.6. The number of rotatable bonds is 5. The minimum Gasteiger partial charge on any atom is -0.306 e. The molecule has 3 heterocycles. The van der Waals surface area contributed by atoms with Gasteiger partial charge in [0.25, 0.3) is 5.91 Å². The fourth-order valence-corrected chi connectivity index (χ4v) is 5.00. The second kappa shape index (κ2) is 8.78. The highest BCUT2D eigenvalue weighted by atomic mass is 32.2. The summed E-state index contributed by atoms with van der Waals surface area (Å²) in [7, 11) is 0. The lowest BCUT2D eigenvalue weighted by molar-refractivity contribution is 0.0984. The third-order valence-electron chi connectivity index (χ3n) is 5.68. The molecule has 0 unspecified atom stereocenters. The van der Waals surface area contributed by atoms with Crippen LogP contribution in [0.15, 0.2) is 59.8 Å². The van der Waals surface area contributed by atoms with Crippen molar-refractivity contribution in [2.45, 2.75) is 38.1 Å². The van der Waals surface area contributed by atoms with Gasteiger partial charge in [-0.1, -0.05) is 52.9 Å². The molecule has 5 rings (SSSR count). The van der Waals surface area contributed by atoms with Gasteiger partial charge in [0.15, 0.2) is 10.9 Å². The standard InChI is InChI=1S/C25H24N6OS/c1-16-8-10-20(11-9-16)31-22(15-33-25-26-17(2)14-18(3)27-25)23(28-29-31)24(32)30-13-12-19-6-4-5-7-21(19)30/h4-11,14H,12-13,15H2,1-3H3. The first-order chi connectivity index (χ1) is 16.0. The van der Waals surface area contributed by atoms with E-state index in [0.29, 0.717) is 23.1 Å². The molecule has 0 spiro atoms. The highest BCUT2D eigenvalue weighted by Crippen LogP contribution is 2.30. The lowest BCUT2D eigenvalue weighted by atomic mass is 10.2. The Labute approximate surface area is 196 Å². The molecule has 4 aromatic rings. The molecule has 1 aliphatic heterocycles. The molecule has 0 saturated carbocycles. The molecule has 1 aliphatic rings. The molecule has 0 aliphatic carbocycles. The molecule has 8 heteroatoms. The Kier molecular flexibility index (Phi) is 5.68. The predicted molar refractivity (Wildman–Crippen MR) is 129 cm³/mol. The van der Waals surface area contributed by atoms with E-state index in [9.17, 15) is 4.79 Å².